The highest BCUT2D eigenvalue weighted by molar-refractivity contribution is 7.89. The normalized spacial score (nSPS) is 10.8. The summed E-state index contributed by atoms with van der Waals surface area (Å²) in [7, 11) is -3.13. The lowest BCUT2D eigenvalue weighted by atomic mass is 10.1. The SMILES string of the molecule is CS(=O)(=O)Cc1ccc(C(=O)NNC(=O)c2cnccn2)cc1. The molecule has 0 radical (unpaired) electrons. The summed E-state index contributed by atoms with van der Waals surface area (Å²) in [5.41, 5.74) is 5.38. The lowest BCUT2D eigenvalue weighted by Gasteiger charge is -2.07. The van der Waals surface area contributed by atoms with Gasteiger partial charge in [-0.2, -0.15) is 0 Å². The molecule has 120 valence electrons. The Kier molecular flexibility index (Phi) is 5.02. The molecule has 0 fully saturated rings. The molecule has 23 heavy (non-hydrogen) atoms. The van der Waals surface area contributed by atoms with Gasteiger partial charge in [0.15, 0.2) is 9.84 Å². The third kappa shape index (κ3) is 5.15. The fourth-order valence-electron chi connectivity index (χ4n) is 1.72. The molecule has 0 unspecified atom stereocenters. The number of carbonyl (C=O) groups excluding carboxylic acids is 2. The average Bonchev–Trinajstić information content (AvgIpc) is 2.52. The van der Waals surface area contributed by atoms with Crippen molar-refractivity contribution in [2.75, 3.05) is 6.26 Å². The fourth-order valence-corrected chi connectivity index (χ4v) is 2.52. The van der Waals surface area contributed by atoms with Gasteiger partial charge < -0.3 is 0 Å². The van der Waals surface area contributed by atoms with Crippen LogP contribution in [0.5, 0.6) is 0 Å². The van der Waals surface area contributed by atoms with Gasteiger partial charge in [0, 0.05) is 24.2 Å². The summed E-state index contributed by atoms with van der Waals surface area (Å²) < 4.78 is 22.4. The van der Waals surface area contributed by atoms with Crippen molar-refractivity contribution in [2.24, 2.45) is 0 Å². The van der Waals surface area contributed by atoms with E-state index in [2.05, 4.69) is 20.8 Å². The van der Waals surface area contributed by atoms with Crippen LogP contribution in [-0.4, -0.2) is 36.5 Å². The molecule has 0 atom stereocenters. The molecule has 0 saturated heterocycles. The highest BCUT2D eigenvalue weighted by atomic mass is 32.2. The van der Waals surface area contributed by atoms with Crippen molar-refractivity contribution in [3.8, 4) is 0 Å². The summed E-state index contributed by atoms with van der Waals surface area (Å²) in [5, 5.41) is 0. The highest BCUT2D eigenvalue weighted by Gasteiger charge is 2.11. The third-order valence-corrected chi connectivity index (χ3v) is 3.59. The number of carbonyl (C=O) groups is 2. The van der Waals surface area contributed by atoms with Gasteiger partial charge in [-0.15, -0.1) is 0 Å². The Hall–Kier alpha value is -2.81. The molecule has 9 heteroatoms. The van der Waals surface area contributed by atoms with E-state index in [1.807, 2.05) is 0 Å². The molecule has 2 amide bonds. The first-order chi connectivity index (χ1) is 10.8. The Labute approximate surface area is 132 Å². The topological polar surface area (TPSA) is 118 Å². The van der Waals surface area contributed by atoms with E-state index in [0.29, 0.717) is 5.56 Å². The van der Waals surface area contributed by atoms with E-state index < -0.39 is 21.7 Å². The molecule has 1 aromatic heterocycles. The van der Waals surface area contributed by atoms with Crippen molar-refractivity contribution < 1.29 is 18.0 Å². The first kappa shape index (κ1) is 16.6. The first-order valence-corrected chi connectivity index (χ1v) is 8.54. The van der Waals surface area contributed by atoms with Gasteiger partial charge in [0.25, 0.3) is 11.8 Å². The summed E-state index contributed by atoms with van der Waals surface area (Å²) in [5.74, 6) is -1.23. The predicted molar refractivity (Wildman–Crippen MR) is 82.0 cm³/mol. The zero-order valence-corrected chi connectivity index (χ0v) is 13.0. The molecular formula is C14H14N4O4S. The van der Waals surface area contributed by atoms with Crippen LogP contribution in [0.3, 0.4) is 0 Å². The van der Waals surface area contributed by atoms with Crippen LogP contribution in [0.25, 0.3) is 0 Å². The summed E-state index contributed by atoms with van der Waals surface area (Å²) in [6, 6.07) is 6.04. The maximum absolute atomic E-state index is 11.9. The summed E-state index contributed by atoms with van der Waals surface area (Å²) >= 11 is 0. The molecule has 0 aliphatic heterocycles. The average molecular weight is 334 g/mol. The van der Waals surface area contributed by atoms with E-state index in [4.69, 9.17) is 0 Å². The zero-order chi connectivity index (χ0) is 16.9. The highest BCUT2D eigenvalue weighted by Crippen LogP contribution is 2.07. The number of nitrogens with one attached hydrogen (secondary N) is 2. The molecule has 2 rings (SSSR count). The van der Waals surface area contributed by atoms with Gasteiger partial charge in [0.05, 0.1) is 11.9 Å². The lowest BCUT2D eigenvalue weighted by molar-refractivity contribution is 0.0843. The maximum atomic E-state index is 11.9. The van der Waals surface area contributed by atoms with Crippen LogP contribution in [0.4, 0.5) is 0 Å². The molecule has 1 aromatic carbocycles. The van der Waals surface area contributed by atoms with E-state index in [1.165, 1.54) is 30.7 Å². The number of benzene rings is 1. The predicted octanol–water partition coefficient (Wildman–Crippen LogP) is 0.0960. The number of rotatable bonds is 4. The molecule has 2 N–H and O–H groups in total. The molecule has 0 bridgehead atoms. The van der Waals surface area contributed by atoms with Crippen molar-refractivity contribution in [1.29, 1.82) is 0 Å². The van der Waals surface area contributed by atoms with Crippen LogP contribution in [0, 0.1) is 0 Å². The maximum Gasteiger partial charge on any atom is 0.289 e. The largest absolute Gasteiger partial charge is 0.289 e. The van der Waals surface area contributed by atoms with Crippen molar-refractivity contribution in [2.45, 2.75) is 5.75 Å². The molecule has 0 spiro atoms. The summed E-state index contributed by atoms with van der Waals surface area (Å²) in [6.45, 7) is 0. The molecule has 0 aliphatic rings. The third-order valence-electron chi connectivity index (χ3n) is 2.73. The number of aromatic nitrogens is 2. The number of hydrogen-bond donors (Lipinski definition) is 2. The van der Waals surface area contributed by atoms with Crippen molar-refractivity contribution >= 4 is 21.7 Å². The number of hydrogen-bond acceptors (Lipinski definition) is 6. The second kappa shape index (κ2) is 6.97. The van der Waals surface area contributed by atoms with Crippen LogP contribution < -0.4 is 10.9 Å². The smallest absolute Gasteiger partial charge is 0.267 e. The Morgan fingerprint density at radius 1 is 1.04 bits per heavy atom. The molecule has 1 heterocycles. The molecule has 0 aliphatic carbocycles. The minimum absolute atomic E-state index is 0.0660. The molecular weight excluding hydrogens is 320 g/mol. The van der Waals surface area contributed by atoms with Crippen molar-refractivity contribution in [3.63, 3.8) is 0 Å². The number of amides is 2. The molecule has 0 saturated carbocycles. The van der Waals surface area contributed by atoms with Gasteiger partial charge in [-0.1, -0.05) is 12.1 Å². The monoisotopic (exact) mass is 334 g/mol. The van der Waals surface area contributed by atoms with Gasteiger partial charge >= 0.3 is 0 Å². The van der Waals surface area contributed by atoms with E-state index in [1.54, 1.807) is 12.1 Å². The van der Waals surface area contributed by atoms with E-state index in [0.717, 1.165) is 6.26 Å². The second-order valence-corrected chi connectivity index (χ2v) is 6.91. The fraction of sp³-hybridized carbons (Fsp3) is 0.143. The number of hydrazine groups is 1. The van der Waals surface area contributed by atoms with Crippen LogP contribution in [0.2, 0.25) is 0 Å². The van der Waals surface area contributed by atoms with Crippen LogP contribution in [0.1, 0.15) is 26.4 Å². The lowest BCUT2D eigenvalue weighted by Crippen LogP contribution is -2.41. The molecule has 2 aromatic rings. The van der Waals surface area contributed by atoms with E-state index in [-0.39, 0.29) is 17.0 Å². The van der Waals surface area contributed by atoms with E-state index >= 15 is 0 Å². The second-order valence-electron chi connectivity index (χ2n) is 4.77. The Bertz CT molecular complexity index is 804. The van der Waals surface area contributed by atoms with Crippen molar-refractivity contribution in [3.05, 3.63) is 59.7 Å². The van der Waals surface area contributed by atoms with Crippen LogP contribution >= 0.6 is 0 Å². The van der Waals surface area contributed by atoms with Gasteiger partial charge in [-0.3, -0.25) is 25.4 Å². The van der Waals surface area contributed by atoms with Gasteiger partial charge in [0.1, 0.15) is 5.69 Å². The van der Waals surface area contributed by atoms with Gasteiger partial charge in [-0.25, -0.2) is 13.4 Å². The van der Waals surface area contributed by atoms with Crippen LogP contribution in [-0.2, 0) is 15.6 Å². The summed E-state index contributed by atoms with van der Waals surface area (Å²) in [6.07, 6.45) is 5.18. The van der Waals surface area contributed by atoms with Gasteiger partial charge in [0.2, 0.25) is 0 Å². The van der Waals surface area contributed by atoms with Crippen LogP contribution in [0.15, 0.2) is 42.9 Å². The standard InChI is InChI=1S/C14H14N4O4S/c1-23(21,22)9-10-2-4-11(5-3-10)13(19)17-18-14(20)12-8-15-6-7-16-12/h2-8H,9H2,1H3,(H,17,19)(H,18,20). The Morgan fingerprint density at radius 2 is 1.70 bits per heavy atom. The number of sulfone groups is 1. The minimum atomic E-state index is -3.13. The van der Waals surface area contributed by atoms with Crippen molar-refractivity contribution in [1.82, 2.24) is 20.8 Å². The van der Waals surface area contributed by atoms with E-state index in [9.17, 15) is 18.0 Å². The first-order valence-electron chi connectivity index (χ1n) is 6.48. The molecule has 8 nitrogen and oxygen atoms in total. The Balaban J connectivity index is 1.95. The Morgan fingerprint density at radius 3 is 2.26 bits per heavy atom. The number of nitrogens with zero attached hydrogens (tertiary/aromatic N) is 2. The van der Waals surface area contributed by atoms with Gasteiger partial charge in [-0.05, 0) is 17.7 Å². The minimum Gasteiger partial charge on any atom is -0.267 e. The summed E-state index contributed by atoms with van der Waals surface area (Å²) in [4.78, 5) is 31.1. The zero-order valence-electron chi connectivity index (χ0n) is 12.2. The quantitative estimate of drug-likeness (QED) is 0.765.